The van der Waals surface area contributed by atoms with E-state index in [4.69, 9.17) is 4.74 Å². The van der Waals surface area contributed by atoms with Gasteiger partial charge in [-0.2, -0.15) is 0 Å². The minimum absolute atomic E-state index is 0.0141. The molecule has 7 heteroatoms. The fourth-order valence-corrected chi connectivity index (χ4v) is 5.90. The van der Waals surface area contributed by atoms with Crippen LogP contribution in [-0.4, -0.2) is 51.5 Å². The van der Waals surface area contributed by atoms with Crippen molar-refractivity contribution in [2.24, 2.45) is 0 Å². The third-order valence-electron chi connectivity index (χ3n) is 7.43. The van der Waals surface area contributed by atoms with Gasteiger partial charge in [0, 0.05) is 18.7 Å². The van der Waals surface area contributed by atoms with Crippen LogP contribution in [0.25, 0.3) is 0 Å². The van der Waals surface area contributed by atoms with E-state index < -0.39 is 5.72 Å². The second-order valence-electron chi connectivity index (χ2n) is 9.06. The second kappa shape index (κ2) is 6.79. The number of nitrogens with zero attached hydrogens (tertiary/aromatic N) is 2. The number of pyridine rings is 1. The summed E-state index contributed by atoms with van der Waals surface area (Å²) in [7, 11) is 0. The monoisotopic (exact) mass is 419 g/mol. The molecule has 0 saturated carbocycles. The summed E-state index contributed by atoms with van der Waals surface area (Å²) in [5, 5.41) is 0. The lowest BCUT2D eigenvalue weighted by molar-refractivity contribution is -0.138. The van der Waals surface area contributed by atoms with Crippen molar-refractivity contribution in [3.05, 3.63) is 69.1 Å². The molecule has 3 fully saturated rings. The molecular weight excluding hydrogens is 394 g/mol. The van der Waals surface area contributed by atoms with E-state index in [0.29, 0.717) is 19.5 Å². The van der Waals surface area contributed by atoms with E-state index in [1.54, 1.807) is 11.0 Å². The lowest BCUT2D eigenvalue weighted by atomic mass is 9.94. The Bertz CT molecular complexity index is 1130. The summed E-state index contributed by atoms with van der Waals surface area (Å²) >= 11 is 0. The predicted octanol–water partition coefficient (Wildman–Crippen LogP) is 2.17. The summed E-state index contributed by atoms with van der Waals surface area (Å²) < 4.78 is 6.52. The van der Waals surface area contributed by atoms with Gasteiger partial charge in [0.1, 0.15) is 11.7 Å². The molecule has 2 aromatic rings. The number of rotatable bonds is 2. The van der Waals surface area contributed by atoms with E-state index >= 15 is 0 Å². The number of amides is 2. The highest BCUT2D eigenvalue weighted by molar-refractivity contribution is 5.95. The van der Waals surface area contributed by atoms with Crippen LogP contribution in [0.2, 0.25) is 0 Å². The molecule has 7 nitrogen and oxygen atoms in total. The van der Waals surface area contributed by atoms with Crippen molar-refractivity contribution in [2.75, 3.05) is 13.1 Å². The molecule has 0 bridgehead atoms. The largest absolute Gasteiger partial charge is 0.343 e. The molecule has 1 spiro atoms. The van der Waals surface area contributed by atoms with Crippen LogP contribution in [-0.2, 0) is 22.4 Å². The first-order valence-corrected chi connectivity index (χ1v) is 11.2. The van der Waals surface area contributed by atoms with Crippen LogP contribution in [0, 0.1) is 0 Å². The molecule has 1 N–H and O–H groups in total. The van der Waals surface area contributed by atoms with E-state index in [1.807, 2.05) is 35.2 Å². The molecule has 1 aliphatic carbocycles. The van der Waals surface area contributed by atoms with Crippen molar-refractivity contribution >= 4 is 11.8 Å². The maximum absolute atomic E-state index is 13.5. The Morgan fingerprint density at radius 1 is 1.13 bits per heavy atom. The molecule has 1 aromatic carbocycles. The average Bonchev–Trinajstić information content (AvgIpc) is 3.42. The third-order valence-corrected chi connectivity index (χ3v) is 7.43. The molecule has 2 amide bonds. The zero-order chi connectivity index (χ0) is 21.2. The maximum Gasteiger partial charge on any atom is 0.261 e. The predicted molar refractivity (Wildman–Crippen MR) is 112 cm³/mol. The van der Waals surface area contributed by atoms with Gasteiger partial charge in [-0.05, 0) is 42.9 Å². The molecule has 6 rings (SSSR count). The lowest BCUT2D eigenvalue weighted by Crippen LogP contribution is -2.49. The zero-order valence-electron chi connectivity index (χ0n) is 17.3. The summed E-state index contributed by atoms with van der Waals surface area (Å²) in [5.41, 5.74) is 2.12. The zero-order valence-corrected chi connectivity index (χ0v) is 17.3. The number of hydrogen-bond acceptors (Lipinski definition) is 4. The van der Waals surface area contributed by atoms with Crippen LogP contribution >= 0.6 is 0 Å². The number of aryl methyl sites for hydroxylation is 2. The number of likely N-dealkylation sites (tertiary alicyclic amines) is 1. The molecule has 0 unspecified atom stereocenters. The van der Waals surface area contributed by atoms with Gasteiger partial charge >= 0.3 is 0 Å². The molecule has 160 valence electrons. The fourth-order valence-electron chi connectivity index (χ4n) is 5.90. The first-order valence-electron chi connectivity index (χ1n) is 11.2. The molecule has 4 heterocycles. The molecule has 3 atom stereocenters. The summed E-state index contributed by atoms with van der Waals surface area (Å²) in [4.78, 5) is 45.5. The van der Waals surface area contributed by atoms with Crippen molar-refractivity contribution in [1.82, 2.24) is 14.8 Å². The van der Waals surface area contributed by atoms with Crippen molar-refractivity contribution < 1.29 is 14.3 Å². The van der Waals surface area contributed by atoms with E-state index in [0.717, 1.165) is 42.5 Å². The van der Waals surface area contributed by atoms with Gasteiger partial charge in [-0.25, -0.2) is 0 Å². The summed E-state index contributed by atoms with van der Waals surface area (Å²) in [6.45, 7) is 0.978. The van der Waals surface area contributed by atoms with Crippen molar-refractivity contribution in [3.8, 4) is 0 Å². The summed E-state index contributed by atoms with van der Waals surface area (Å²) in [6, 6.07) is 11.3. The summed E-state index contributed by atoms with van der Waals surface area (Å²) in [5.74, 6) is -0.279. The van der Waals surface area contributed by atoms with Gasteiger partial charge in [0.15, 0.2) is 5.72 Å². The highest BCUT2D eigenvalue weighted by Gasteiger charge is 2.65. The highest BCUT2D eigenvalue weighted by Crippen LogP contribution is 2.50. The number of benzene rings is 1. The highest BCUT2D eigenvalue weighted by atomic mass is 16.5. The molecule has 4 aliphatic rings. The van der Waals surface area contributed by atoms with Crippen LogP contribution in [0.15, 0.2) is 41.2 Å². The van der Waals surface area contributed by atoms with Gasteiger partial charge in [-0.3, -0.25) is 14.4 Å². The average molecular weight is 419 g/mol. The fraction of sp³-hybridized carbons (Fsp3) is 0.458. The smallest absolute Gasteiger partial charge is 0.261 e. The number of hydrogen-bond donors (Lipinski definition) is 1. The van der Waals surface area contributed by atoms with Crippen LogP contribution in [0.3, 0.4) is 0 Å². The van der Waals surface area contributed by atoms with E-state index in [-0.39, 0.29) is 41.5 Å². The number of carbonyl (C=O) groups excluding carboxylic acids is 2. The van der Waals surface area contributed by atoms with Crippen molar-refractivity contribution in [2.45, 2.75) is 56.4 Å². The topological polar surface area (TPSA) is 82.7 Å². The minimum atomic E-state index is -0.784. The number of aromatic amines is 1. The van der Waals surface area contributed by atoms with Crippen LogP contribution in [0.1, 0.15) is 59.0 Å². The van der Waals surface area contributed by atoms with Gasteiger partial charge in [-0.15, -0.1) is 0 Å². The molecular formula is C24H25N3O4. The Hall–Kier alpha value is -2.93. The standard InChI is InChI=1S/C24H25N3O4/c28-21-13-20-24(27(21)14-19(31-24)15-6-2-1-3-7-15)10-11-26(20)23(30)17-12-16-8-4-5-9-18(16)25-22(17)29/h1-3,6-7,12,19-20H,4-5,8-11,13-14H2,(H,25,29)/t19-,20-,24+/m1/s1. The Balaban J connectivity index is 1.31. The molecule has 0 radical (unpaired) electrons. The summed E-state index contributed by atoms with van der Waals surface area (Å²) in [6.07, 6.45) is 4.48. The number of carbonyl (C=O) groups is 2. The number of aromatic nitrogens is 1. The Morgan fingerprint density at radius 3 is 2.77 bits per heavy atom. The Kier molecular flexibility index (Phi) is 4.12. The van der Waals surface area contributed by atoms with Gasteiger partial charge in [0.25, 0.3) is 11.5 Å². The number of H-pyrrole nitrogens is 1. The van der Waals surface area contributed by atoms with E-state index in [1.165, 1.54) is 0 Å². The number of fused-ring (bicyclic) bond motifs is 1. The Labute approximate surface area is 180 Å². The normalized spacial score (nSPS) is 29.1. The van der Waals surface area contributed by atoms with Gasteiger partial charge in [0.05, 0.1) is 19.0 Å². The van der Waals surface area contributed by atoms with E-state index in [9.17, 15) is 14.4 Å². The molecule has 3 saturated heterocycles. The van der Waals surface area contributed by atoms with Crippen molar-refractivity contribution in [1.29, 1.82) is 0 Å². The van der Waals surface area contributed by atoms with Crippen molar-refractivity contribution in [3.63, 3.8) is 0 Å². The first-order chi connectivity index (χ1) is 15.1. The van der Waals surface area contributed by atoms with Crippen LogP contribution in [0.5, 0.6) is 0 Å². The van der Waals surface area contributed by atoms with Gasteiger partial charge in [0.2, 0.25) is 5.91 Å². The van der Waals surface area contributed by atoms with Gasteiger partial charge < -0.3 is 19.5 Å². The first kappa shape index (κ1) is 18.8. The number of ether oxygens (including phenoxy) is 1. The second-order valence-corrected chi connectivity index (χ2v) is 9.06. The van der Waals surface area contributed by atoms with E-state index in [2.05, 4.69) is 4.98 Å². The van der Waals surface area contributed by atoms with Crippen LogP contribution < -0.4 is 5.56 Å². The van der Waals surface area contributed by atoms with Gasteiger partial charge in [-0.1, -0.05) is 30.3 Å². The SMILES string of the molecule is O=C(c1cc2c([nH]c1=O)CCCC2)N1CC[C@@]23O[C@@H](c4ccccc4)CN2C(=O)C[C@@H]13. The minimum Gasteiger partial charge on any atom is -0.343 e. The maximum atomic E-state index is 13.5. The molecule has 3 aliphatic heterocycles. The Morgan fingerprint density at radius 2 is 1.94 bits per heavy atom. The molecule has 31 heavy (non-hydrogen) atoms. The lowest BCUT2D eigenvalue weighted by Gasteiger charge is -2.32. The quantitative estimate of drug-likeness (QED) is 0.809. The van der Waals surface area contributed by atoms with Crippen LogP contribution in [0.4, 0.5) is 0 Å². The third kappa shape index (κ3) is 2.72. The number of nitrogens with one attached hydrogen (secondary N) is 1. The molecule has 1 aromatic heterocycles.